The molecule has 144 valence electrons. The van der Waals surface area contributed by atoms with E-state index in [-0.39, 0.29) is 5.41 Å². The monoisotopic (exact) mass is 400 g/mol. The maximum Gasteiger partial charge on any atom is 0.0898 e. The number of aromatic nitrogens is 1. The minimum atomic E-state index is -0.0106. The zero-order chi connectivity index (χ0) is 20.2. The number of rotatable bonds is 1. The van der Waals surface area contributed by atoms with Crippen molar-refractivity contribution in [3.8, 4) is 11.1 Å². The number of halogens is 1. The SMILES string of the molecule is CC1(C)CC(=NO)c2c(nc3ccc4ccccc4c3c2-c2ccc(Cl)cc2)C1. The van der Waals surface area contributed by atoms with E-state index >= 15 is 0 Å². The molecular formula is C25H21ClN2O. The molecule has 3 nitrogen and oxygen atoms in total. The molecule has 1 N–H and O–H groups in total. The molecule has 1 aromatic heterocycles. The molecule has 5 rings (SSSR count). The third-order valence-corrected chi connectivity index (χ3v) is 6.04. The highest BCUT2D eigenvalue weighted by Gasteiger charge is 2.34. The summed E-state index contributed by atoms with van der Waals surface area (Å²) in [5, 5.41) is 17.7. The third kappa shape index (κ3) is 2.97. The van der Waals surface area contributed by atoms with Crippen molar-refractivity contribution in [1.82, 2.24) is 4.98 Å². The van der Waals surface area contributed by atoms with Crippen molar-refractivity contribution in [3.63, 3.8) is 0 Å². The molecule has 1 heterocycles. The van der Waals surface area contributed by atoms with Gasteiger partial charge in [0.25, 0.3) is 0 Å². The fourth-order valence-electron chi connectivity index (χ4n) is 4.57. The highest BCUT2D eigenvalue weighted by Crippen LogP contribution is 2.43. The Balaban J connectivity index is 1.99. The van der Waals surface area contributed by atoms with Gasteiger partial charge in [-0.25, -0.2) is 0 Å². The molecular weight excluding hydrogens is 380 g/mol. The highest BCUT2D eigenvalue weighted by molar-refractivity contribution is 6.30. The summed E-state index contributed by atoms with van der Waals surface area (Å²) in [6, 6.07) is 20.4. The molecule has 0 spiro atoms. The Morgan fingerprint density at radius 2 is 1.69 bits per heavy atom. The number of nitrogens with zero attached hydrogens (tertiary/aromatic N) is 2. The molecule has 3 aromatic carbocycles. The second kappa shape index (κ2) is 6.57. The average molecular weight is 401 g/mol. The van der Waals surface area contributed by atoms with E-state index in [0.29, 0.717) is 17.2 Å². The molecule has 1 aliphatic rings. The predicted octanol–water partition coefficient (Wildman–Crippen LogP) is 6.86. The maximum atomic E-state index is 9.91. The van der Waals surface area contributed by atoms with Crippen molar-refractivity contribution >= 4 is 39.0 Å². The van der Waals surface area contributed by atoms with E-state index < -0.39 is 0 Å². The van der Waals surface area contributed by atoms with Crippen molar-refractivity contribution in [1.29, 1.82) is 0 Å². The van der Waals surface area contributed by atoms with Gasteiger partial charge >= 0.3 is 0 Å². The van der Waals surface area contributed by atoms with Crippen LogP contribution in [0.3, 0.4) is 0 Å². The van der Waals surface area contributed by atoms with E-state index in [1.165, 1.54) is 0 Å². The second-order valence-corrected chi connectivity index (χ2v) is 9.00. The highest BCUT2D eigenvalue weighted by atomic mass is 35.5. The Hall–Kier alpha value is -2.91. The molecule has 4 heteroatoms. The molecule has 0 radical (unpaired) electrons. The minimum absolute atomic E-state index is 0.0106. The lowest BCUT2D eigenvalue weighted by atomic mass is 9.73. The predicted molar refractivity (Wildman–Crippen MR) is 120 cm³/mol. The van der Waals surface area contributed by atoms with E-state index in [4.69, 9.17) is 16.6 Å². The lowest BCUT2D eigenvalue weighted by Crippen LogP contribution is -2.29. The van der Waals surface area contributed by atoms with Crippen LogP contribution >= 0.6 is 11.6 Å². The zero-order valence-electron chi connectivity index (χ0n) is 16.4. The largest absolute Gasteiger partial charge is 0.411 e. The van der Waals surface area contributed by atoms with Gasteiger partial charge in [-0.15, -0.1) is 0 Å². The Bertz CT molecular complexity index is 1290. The van der Waals surface area contributed by atoms with Gasteiger partial charge in [0.1, 0.15) is 0 Å². The van der Waals surface area contributed by atoms with Crippen LogP contribution in [0.2, 0.25) is 5.02 Å². The Kier molecular flexibility index (Phi) is 4.11. The van der Waals surface area contributed by atoms with Gasteiger partial charge < -0.3 is 5.21 Å². The van der Waals surface area contributed by atoms with Crippen LogP contribution in [0, 0.1) is 5.41 Å². The third-order valence-electron chi connectivity index (χ3n) is 5.79. The van der Waals surface area contributed by atoms with Crippen LogP contribution in [0.25, 0.3) is 32.8 Å². The van der Waals surface area contributed by atoms with Crippen molar-refractivity contribution in [2.24, 2.45) is 10.6 Å². The Labute approximate surface area is 174 Å². The van der Waals surface area contributed by atoms with Gasteiger partial charge in [-0.2, -0.15) is 0 Å². The summed E-state index contributed by atoms with van der Waals surface area (Å²) >= 11 is 6.17. The van der Waals surface area contributed by atoms with Crippen LogP contribution in [0.5, 0.6) is 0 Å². The lowest BCUT2D eigenvalue weighted by Gasteiger charge is -2.33. The topological polar surface area (TPSA) is 45.5 Å². The van der Waals surface area contributed by atoms with Gasteiger partial charge in [0.05, 0.1) is 16.9 Å². The van der Waals surface area contributed by atoms with Gasteiger partial charge in [-0.1, -0.05) is 73.1 Å². The fraction of sp³-hybridized carbons (Fsp3) is 0.200. The quantitative estimate of drug-likeness (QED) is 0.215. The molecule has 0 aliphatic heterocycles. The smallest absolute Gasteiger partial charge is 0.0898 e. The van der Waals surface area contributed by atoms with Crippen molar-refractivity contribution in [3.05, 3.63) is 76.9 Å². The molecule has 1 aliphatic carbocycles. The number of benzene rings is 3. The molecule has 0 atom stereocenters. The van der Waals surface area contributed by atoms with Crippen LogP contribution < -0.4 is 0 Å². The molecule has 0 bridgehead atoms. The molecule has 0 saturated carbocycles. The zero-order valence-corrected chi connectivity index (χ0v) is 17.2. The van der Waals surface area contributed by atoms with Crippen LogP contribution in [0.15, 0.2) is 65.8 Å². The number of hydrogen-bond acceptors (Lipinski definition) is 3. The number of hydrogen-bond donors (Lipinski definition) is 1. The van der Waals surface area contributed by atoms with Gasteiger partial charge in [0.2, 0.25) is 0 Å². The molecule has 29 heavy (non-hydrogen) atoms. The minimum Gasteiger partial charge on any atom is -0.411 e. The average Bonchev–Trinajstić information content (AvgIpc) is 2.71. The molecule has 0 amide bonds. The van der Waals surface area contributed by atoms with Crippen LogP contribution in [-0.2, 0) is 6.42 Å². The first-order chi connectivity index (χ1) is 14.0. The summed E-state index contributed by atoms with van der Waals surface area (Å²) in [5.74, 6) is 0. The van der Waals surface area contributed by atoms with E-state index in [1.807, 2.05) is 30.3 Å². The molecule has 0 unspecified atom stereocenters. The van der Waals surface area contributed by atoms with Gasteiger partial charge in [-0.05, 0) is 52.8 Å². The van der Waals surface area contributed by atoms with Crippen LogP contribution in [-0.4, -0.2) is 15.9 Å². The van der Waals surface area contributed by atoms with Gasteiger partial charge in [0, 0.05) is 21.5 Å². The van der Waals surface area contributed by atoms with E-state index in [1.54, 1.807) is 0 Å². The van der Waals surface area contributed by atoms with Crippen molar-refractivity contribution < 1.29 is 5.21 Å². The van der Waals surface area contributed by atoms with Crippen molar-refractivity contribution in [2.45, 2.75) is 26.7 Å². The molecule has 0 saturated heterocycles. The summed E-state index contributed by atoms with van der Waals surface area (Å²) in [5.41, 5.74) is 5.71. The van der Waals surface area contributed by atoms with Gasteiger partial charge in [-0.3, -0.25) is 4.98 Å². The Morgan fingerprint density at radius 3 is 2.45 bits per heavy atom. The first-order valence-corrected chi connectivity index (χ1v) is 10.2. The molecule has 4 aromatic rings. The second-order valence-electron chi connectivity index (χ2n) is 8.56. The number of pyridine rings is 1. The summed E-state index contributed by atoms with van der Waals surface area (Å²) < 4.78 is 0. The normalized spacial score (nSPS) is 17.0. The summed E-state index contributed by atoms with van der Waals surface area (Å²) in [4.78, 5) is 5.05. The van der Waals surface area contributed by atoms with Gasteiger partial charge in [0.15, 0.2) is 0 Å². The first-order valence-electron chi connectivity index (χ1n) is 9.78. The van der Waals surface area contributed by atoms with Crippen molar-refractivity contribution in [2.75, 3.05) is 0 Å². The van der Waals surface area contributed by atoms with Crippen LogP contribution in [0.4, 0.5) is 0 Å². The number of oxime groups is 1. The maximum absolute atomic E-state index is 9.91. The Morgan fingerprint density at radius 1 is 0.931 bits per heavy atom. The van der Waals surface area contributed by atoms with Crippen LogP contribution in [0.1, 0.15) is 31.5 Å². The van der Waals surface area contributed by atoms with E-state index in [0.717, 1.165) is 50.5 Å². The summed E-state index contributed by atoms with van der Waals surface area (Å²) in [6.07, 6.45) is 1.54. The fourth-order valence-corrected chi connectivity index (χ4v) is 4.70. The first kappa shape index (κ1) is 18.1. The number of fused-ring (bicyclic) bond motifs is 4. The lowest BCUT2D eigenvalue weighted by molar-refractivity contribution is 0.306. The molecule has 0 fully saturated rings. The summed E-state index contributed by atoms with van der Waals surface area (Å²) in [7, 11) is 0. The van der Waals surface area contributed by atoms with E-state index in [2.05, 4.69) is 49.3 Å². The standard InChI is InChI=1S/C25H21ClN2O/c1-25(2)13-20-24(21(14-25)28-29)22(16-7-10-17(26)11-8-16)23-18-6-4-3-5-15(18)9-12-19(23)27-20/h3-12,29H,13-14H2,1-2H3. The van der Waals surface area contributed by atoms with E-state index in [9.17, 15) is 5.21 Å². The summed E-state index contributed by atoms with van der Waals surface area (Å²) in [6.45, 7) is 4.38.